The molecule has 0 spiro atoms. The van der Waals surface area contributed by atoms with Crippen LogP contribution in [0, 0.1) is 0 Å². The molecule has 0 atom stereocenters. The molecule has 0 saturated heterocycles. The standard InChI is InChI=1S/C15H17NO/c1-2-6-15(17)16-11-9-14(10-12-16)13-7-4-3-5-8-13/h3-5,7-12,14H,2,6H2,1H3. The zero-order chi connectivity index (χ0) is 12.1. The van der Waals surface area contributed by atoms with E-state index in [1.807, 2.05) is 37.5 Å². The van der Waals surface area contributed by atoms with E-state index in [9.17, 15) is 4.79 Å². The van der Waals surface area contributed by atoms with Crippen LogP contribution < -0.4 is 0 Å². The highest BCUT2D eigenvalue weighted by atomic mass is 16.2. The molecular formula is C15H17NO. The summed E-state index contributed by atoms with van der Waals surface area (Å²) in [4.78, 5) is 13.3. The number of hydrogen-bond acceptors (Lipinski definition) is 1. The summed E-state index contributed by atoms with van der Waals surface area (Å²) in [6.45, 7) is 2.02. The highest BCUT2D eigenvalue weighted by Crippen LogP contribution is 2.22. The van der Waals surface area contributed by atoms with Crippen molar-refractivity contribution in [3.05, 3.63) is 60.4 Å². The SMILES string of the molecule is CCCC(=O)N1C=CC(c2ccccc2)C=C1. The van der Waals surface area contributed by atoms with Gasteiger partial charge in [0.1, 0.15) is 0 Å². The first kappa shape index (κ1) is 11.6. The van der Waals surface area contributed by atoms with Gasteiger partial charge in [0, 0.05) is 24.7 Å². The Kier molecular flexibility index (Phi) is 3.76. The Hall–Kier alpha value is -1.83. The largest absolute Gasteiger partial charge is 0.295 e. The Morgan fingerprint density at radius 3 is 2.41 bits per heavy atom. The molecule has 0 aromatic heterocycles. The minimum absolute atomic E-state index is 0.159. The van der Waals surface area contributed by atoms with Gasteiger partial charge in [-0.05, 0) is 12.0 Å². The molecule has 1 heterocycles. The van der Waals surface area contributed by atoms with Gasteiger partial charge < -0.3 is 0 Å². The van der Waals surface area contributed by atoms with Gasteiger partial charge in [-0.1, -0.05) is 49.4 Å². The van der Waals surface area contributed by atoms with Crippen LogP contribution in [-0.4, -0.2) is 10.8 Å². The van der Waals surface area contributed by atoms with Crippen molar-refractivity contribution in [3.63, 3.8) is 0 Å². The summed E-state index contributed by atoms with van der Waals surface area (Å²) >= 11 is 0. The van der Waals surface area contributed by atoms with E-state index >= 15 is 0 Å². The molecule has 1 aromatic rings. The van der Waals surface area contributed by atoms with E-state index in [-0.39, 0.29) is 11.8 Å². The Bertz CT molecular complexity index is 419. The van der Waals surface area contributed by atoms with E-state index < -0.39 is 0 Å². The highest BCUT2D eigenvalue weighted by molar-refractivity contribution is 5.78. The number of amides is 1. The lowest BCUT2D eigenvalue weighted by molar-refractivity contribution is -0.126. The Morgan fingerprint density at radius 1 is 1.18 bits per heavy atom. The molecule has 0 radical (unpaired) electrons. The third kappa shape index (κ3) is 2.84. The third-order valence-electron chi connectivity index (χ3n) is 2.84. The molecule has 1 aliphatic heterocycles. The maximum Gasteiger partial charge on any atom is 0.230 e. The topological polar surface area (TPSA) is 20.3 Å². The lowest BCUT2D eigenvalue weighted by Gasteiger charge is -2.20. The fourth-order valence-electron chi connectivity index (χ4n) is 1.89. The van der Waals surface area contributed by atoms with E-state index in [2.05, 4.69) is 24.3 Å². The van der Waals surface area contributed by atoms with E-state index in [1.54, 1.807) is 4.90 Å². The fraction of sp³-hybridized carbons (Fsp3) is 0.267. The smallest absolute Gasteiger partial charge is 0.230 e. The second kappa shape index (κ2) is 5.48. The van der Waals surface area contributed by atoms with Gasteiger partial charge in [0.05, 0.1) is 0 Å². The van der Waals surface area contributed by atoms with E-state index in [1.165, 1.54) is 5.56 Å². The van der Waals surface area contributed by atoms with Gasteiger partial charge in [-0.3, -0.25) is 9.69 Å². The normalized spacial score (nSPS) is 15.2. The van der Waals surface area contributed by atoms with Crippen molar-refractivity contribution in [1.82, 2.24) is 4.90 Å². The summed E-state index contributed by atoms with van der Waals surface area (Å²) in [6, 6.07) is 10.3. The molecule has 0 fully saturated rings. The summed E-state index contributed by atoms with van der Waals surface area (Å²) in [5.41, 5.74) is 1.25. The third-order valence-corrected chi connectivity index (χ3v) is 2.84. The molecule has 17 heavy (non-hydrogen) atoms. The average Bonchev–Trinajstić information content (AvgIpc) is 2.40. The number of carbonyl (C=O) groups excluding carboxylic acids is 1. The number of rotatable bonds is 3. The summed E-state index contributed by atoms with van der Waals surface area (Å²) < 4.78 is 0. The Balaban J connectivity index is 2.04. The average molecular weight is 227 g/mol. The Labute approximate surface area is 102 Å². The van der Waals surface area contributed by atoms with Gasteiger partial charge in [0.25, 0.3) is 0 Å². The first-order valence-corrected chi connectivity index (χ1v) is 6.04. The van der Waals surface area contributed by atoms with Crippen molar-refractivity contribution < 1.29 is 4.79 Å². The van der Waals surface area contributed by atoms with Gasteiger partial charge >= 0.3 is 0 Å². The number of allylic oxidation sites excluding steroid dienone is 2. The van der Waals surface area contributed by atoms with Crippen molar-refractivity contribution in [3.8, 4) is 0 Å². The zero-order valence-corrected chi connectivity index (χ0v) is 10.0. The van der Waals surface area contributed by atoms with Crippen LogP contribution in [0.15, 0.2) is 54.9 Å². The van der Waals surface area contributed by atoms with Crippen LogP contribution in [-0.2, 0) is 4.79 Å². The molecule has 0 saturated carbocycles. The molecule has 2 heteroatoms. The predicted octanol–water partition coefficient (Wildman–Crippen LogP) is 3.44. The molecule has 2 nitrogen and oxygen atoms in total. The van der Waals surface area contributed by atoms with Crippen molar-refractivity contribution in [2.45, 2.75) is 25.7 Å². The summed E-state index contributed by atoms with van der Waals surface area (Å²) in [7, 11) is 0. The van der Waals surface area contributed by atoms with Gasteiger partial charge in [0.2, 0.25) is 5.91 Å². The van der Waals surface area contributed by atoms with Gasteiger partial charge in [-0.25, -0.2) is 0 Å². The van der Waals surface area contributed by atoms with Crippen LogP contribution in [0.3, 0.4) is 0 Å². The molecule has 1 aliphatic rings. The molecule has 0 N–H and O–H groups in total. The lowest BCUT2D eigenvalue weighted by Crippen LogP contribution is -2.21. The number of benzene rings is 1. The van der Waals surface area contributed by atoms with Crippen LogP contribution in [0.2, 0.25) is 0 Å². The first-order chi connectivity index (χ1) is 8.31. The maximum atomic E-state index is 11.7. The molecule has 88 valence electrons. The number of hydrogen-bond donors (Lipinski definition) is 0. The van der Waals surface area contributed by atoms with Gasteiger partial charge in [-0.15, -0.1) is 0 Å². The second-order valence-corrected chi connectivity index (χ2v) is 4.17. The lowest BCUT2D eigenvalue weighted by atomic mass is 9.98. The van der Waals surface area contributed by atoms with Crippen LogP contribution in [0.5, 0.6) is 0 Å². The fourth-order valence-corrected chi connectivity index (χ4v) is 1.89. The predicted molar refractivity (Wildman–Crippen MR) is 69.2 cm³/mol. The van der Waals surface area contributed by atoms with Crippen LogP contribution in [0.4, 0.5) is 0 Å². The van der Waals surface area contributed by atoms with Gasteiger partial charge in [-0.2, -0.15) is 0 Å². The summed E-state index contributed by atoms with van der Waals surface area (Å²) in [5, 5.41) is 0. The van der Waals surface area contributed by atoms with Crippen molar-refractivity contribution >= 4 is 5.91 Å². The molecule has 1 aromatic carbocycles. The Morgan fingerprint density at radius 2 is 1.82 bits per heavy atom. The monoisotopic (exact) mass is 227 g/mol. The van der Waals surface area contributed by atoms with E-state index in [0.29, 0.717) is 6.42 Å². The maximum absolute atomic E-state index is 11.7. The highest BCUT2D eigenvalue weighted by Gasteiger charge is 2.13. The van der Waals surface area contributed by atoms with Crippen LogP contribution in [0.25, 0.3) is 0 Å². The van der Waals surface area contributed by atoms with Crippen molar-refractivity contribution in [1.29, 1.82) is 0 Å². The minimum atomic E-state index is 0.159. The molecular weight excluding hydrogens is 210 g/mol. The molecule has 0 aliphatic carbocycles. The van der Waals surface area contributed by atoms with Crippen LogP contribution in [0.1, 0.15) is 31.2 Å². The number of nitrogens with zero attached hydrogens (tertiary/aromatic N) is 1. The first-order valence-electron chi connectivity index (χ1n) is 6.04. The quantitative estimate of drug-likeness (QED) is 0.774. The molecule has 1 amide bonds. The van der Waals surface area contributed by atoms with Gasteiger partial charge in [0.15, 0.2) is 0 Å². The van der Waals surface area contributed by atoms with Crippen molar-refractivity contribution in [2.24, 2.45) is 0 Å². The molecule has 2 rings (SSSR count). The summed E-state index contributed by atoms with van der Waals surface area (Å²) in [5.74, 6) is 0.438. The molecule has 0 bridgehead atoms. The minimum Gasteiger partial charge on any atom is -0.295 e. The number of carbonyl (C=O) groups is 1. The van der Waals surface area contributed by atoms with E-state index in [4.69, 9.17) is 0 Å². The second-order valence-electron chi connectivity index (χ2n) is 4.17. The van der Waals surface area contributed by atoms with E-state index in [0.717, 1.165) is 6.42 Å². The molecule has 0 unspecified atom stereocenters. The van der Waals surface area contributed by atoms with Crippen molar-refractivity contribution in [2.75, 3.05) is 0 Å². The zero-order valence-electron chi connectivity index (χ0n) is 10.0. The van der Waals surface area contributed by atoms with Crippen LogP contribution >= 0.6 is 0 Å². The summed E-state index contributed by atoms with van der Waals surface area (Å²) in [6.07, 6.45) is 9.35.